The molecule has 1 saturated heterocycles. The second-order valence-electron chi connectivity index (χ2n) is 7.89. The van der Waals surface area contributed by atoms with Gasteiger partial charge in [0.05, 0.1) is 24.5 Å². The molecular weight excluding hydrogens is 410 g/mol. The Bertz CT molecular complexity index is 945. The number of anilines is 2. The number of benzene rings is 1. The number of carbonyl (C=O) groups excluding carboxylic acids is 2. The van der Waals surface area contributed by atoms with Crippen molar-refractivity contribution in [3.8, 4) is 5.75 Å². The summed E-state index contributed by atoms with van der Waals surface area (Å²) < 4.78 is 11.5. The molecule has 9 nitrogen and oxygen atoms in total. The smallest absolute Gasteiger partial charge is 0.258 e. The molecule has 4 rings (SSSR count). The number of hydrogen-bond acceptors (Lipinski definition) is 7. The van der Waals surface area contributed by atoms with Crippen LogP contribution in [0.2, 0.25) is 0 Å². The molecule has 1 N–H and O–H groups in total. The van der Waals surface area contributed by atoms with E-state index in [0.29, 0.717) is 62.3 Å². The summed E-state index contributed by atoms with van der Waals surface area (Å²) in [5.74, 6) is 0.763. The number of pyridine rings is 1. The van der Waals surface area contributed by atoms with E-state index in [0.717, 1.165) is 13.1 Å². The van der Waals surface area contributed by atoms with Crippen molar-refractivity contribution in [2.45, 2.75) is 0 Å². The first kappa shape index (κ1) is 22.0. The molecule has 0 unspecified atom stereocenters. The summed E-state index contributed by atoms with van der Waals surface area (Å²) in [6, 6.07) is 10.9. The molecule has 1 aromatic heterocycles. The van der Waals surface area contributed by atoms with Gasteiger partial charge < -0.3 is 29.5 Å². The summed E-state index contributed by atoms with van der Waals surface area (Å²) in [4.78, 5) is 36.4. The lowest BCUT2D eigenvalue weighted by molar-refractivity contribution is -0.133. The van der Waals surface area contributed by atoms with Crippen molar-refractivity contribution in [3.63, 3.8) is 0 Å². The van der Waals surface area contributed by atoms with Crippen LogP contribution in [-0.2, 0) is 9.53 Å². The van der Waals surface area contributed by atoms with Crippen LogP contribution in [0.3, 0.4) is 0 Å². The fourth-order valence-corrected chi connectivity index (χ4v) is 3.73. The topological polar surface area (TPSA) is 87.2 Å². The van der Waals surface area contributed by atoms with Gasteiger partial charge in [0, 0.05) is 38.9 Å². The molecule has 2 amide bonds. The van der Waals surface area contributed by atoms with E-state index in [2.05, 4.69) is 15.2 Å². The highest BCUT2D eigenvalue weighted by Gasteiger charge is 2.26. The predicted octanol–water partition coefficient (Wildman–Crippen LogP) is 1.45. The van der Waals surface area contributed by atoms with Gasteiger partial charge in [-0.15, -0.1) is 0 Å². The van der Waals surface area contributed by atoms with Crippen molar-refractivity contribution in [2.24, 2.45) is 0 Å². The molecule has 0 radical (unpaired) electrons. The van der Waals surface area contributed by atoms with Crippen LogP contribution in [0.1, 0.15) is 10.4 Å². The first-order chi connectivity index (χ1) is 15.6. The first-order valence-corrected chi connectivity index (χ1v) is 10.9. The third kappa shape index (κ3) is 5.35. The molecule has 0 spiro atoms. The van der Waals surface area contributed by atoms with Gasteiger partial charge >= 0.3 is 0 Å². The Morgan fingerprint density at radius 1 is 1.03 bits per heavy atom. The number of likely N-dealkylation sites (N-methyl/N-ethyl adjacent to an activating group) is 1. The fraction of sp³-hybridized carbons (Fsp3) is 0.435. The van der Waals surface area contributed by atoms with E-state index in [1.54, 1.807) is 23.2 Å². The zero-order valence-electron chi connectivity index (χ0n) is 18.3. The Balaban J connectivity index is 1.58. The molecule has 2 aromatic rings. The maximum Gasteiger partial charge on any atom is 0.258 e. The third-order valence-corrected chi connectivity index (χ3v) is 5.64. The molecule has 1 aromatic carbocycles. The van der Waals surface area contributed by atoms with Crippen LogP contribution in [0.5, 0.6) is 5.75 Å². The molecule has 9 heteroatoms. The lowest BCUT2D eigenvalue weighted by atomic mass is 10.2. The Morgan fingerprint density at radius 3 is 2.69 bits per heavy atom. The summed E-state index contributed by atoms with van der Waals surface area (Å²) in [7, 11) is 2.04. The molecule has 170 valence electrons. The second-order valence-corrected chi connectivity index (χ2v) is 7.89. The van der Waals surface area contributed by atoms with E-state index < -0.39 is 0 Å². The monoisotopic (exact) mass is 439 g/mol. The van der Waals surface area contributed by atoms with Gasteiger partial charge in [0.2, 0.25) is 5.91 Å². The van der Waals surface area contributed by atoms with E-state index in [4.69, 9.17) is 9.47 Å². The standard InChI is InChI=1S/C23H29N5O4/c1-26-9-11-27(12-10-26)21(29)17-28-13-14-31-15-16-32-20-7-3-2-6-19(20)25-22-18(23(28)30)5-4-8-24-22/h2-8H,9-17H2,1H3,(H,24,25). The molecule has 0 atom stereocenters. The molecule has 0 saturated carbocycles. The minimum atomic E-state index is -0.260. The zero-order chi connectivity index (χ0) is 22.3. The fourth-order valence-electron chi connectivity index (χ4n) is 3.73. The molecular formula is C23H29N5O4. The Labute approximate surface area is 187 Å². The number of amides is 2. The number of rotatable bonds is 2. The van der Waals surface area contributed by atoms with Crippen molar-refractivity contribution >= 4 is 23.3 Å². The van der Waals surface area contributed by atoms with Gasteiger partial charge in [-0.3, -0.25) is 9.59 Å². The van der Waals surface area contributed by atoms with Crippen molar-refractivity contribution in [3.05, 3.63) is 48.2 Å². The van der Waals surface area contributed by atoms with Crippen LogP contribution in [0, 0.1) is 0 Å². The van der Waals surface area contributed by atoms with Crippen LogP contribution in [0.4, 0.5) is 11.5 Å². The van der Waals surface area contributed by atoms with E-state index in [-0.39, 0.29) is 18.4 Å². The molecule has 1 fully saturated rings. The molecule has 0 bridgehead atoms. The molecule has 2 aliphatic heterocycles. The van der Waals surface area contributed by atoms with Crippen LogP contribution < -0.4 is 10.1 Å². The van der Waals surface area contributed by atoms with Gasteiger partial charge in [-0.1, -0.05) is 12.1 Å². The van der Waals surface area contributed by atoms with Crippen molar-refractivity contribution in [1.29, 1.82) is 0 Å². The molecule has 0 aliphatic carbocycles. The summed E-state index contributed by atoms with van der Waals surface area (Å²) in [6.07, 6.45) is 1.63. The van der Waals surface area contributed by atoms with Crippen LogP contribution in [-0.4, -0.2) is 97.6 Å². The van der Waals surface area contributed by atoms with E-state index >= 15 is 0 Å². The zero-order valence-corrected chi connectivity index (χ0v) is 18.3. The van der Waals surface area contributed by atoms with Gasteiger partial charge in [-0.2, -0.15) is 0 Å². The second kappa shape index (κ2) is 10.4. The number of aromatic nitrogens is 1. The summed E-state index contributed by atoms with van der Waals surface area (Å²) in [5.41, 5.74) is 1.10. The Morgan fingerprint density at radius 2 is 1.84 bits per heavy atom. The third-order valence-electron chi connectivity index (χ3n) is 5.64. The number of nitrogens with one attached hydrogen (secondary N) is 1. The number of para-hydroxylation sites is 2. The van der Waals surface area contributed by atoms with Gasteiger partial charge in [0.1, 0.15) is 24.7 Å². The molecule has 3 heterocycles. The highest BCUT2D eigenvalue weighted by atomic mass is 16.5. The van der Waals surface area contributed by atoms with E-state index in [9.17, 15) is 9.59 Å². The number of nitrogens with zero attached hydrogens (tertiary/aromatic N) is 4. The number of carbonyl (C=O) groups is 2. The maximum absolute atomic E-state index is 13.5. The van der Waals surface area contributed by atoms with Gasteiger partial charge in [-0.05, 0) is 31.3 Å². The SMILES string of the molecule is CN1CCN(C(=O)CN2CCOCCOc3ccccc3Nc3ncccc3C2=O)CC1. The lowest BCUT2D eigenvalue weighted by Gasteiger charge is -2.34. The summed E-state index contributed by atoms with van der Waals surface area (Å²) in [5, 5.41) is 3.23. The number of fused-ring (bicyclic) bond motifs is 2. The Kier molecular flexibility index (Phi) is 7.18. The number of ether oxygens (including phenoxy) is 2. The van der Waals surface area contributed by atoms with Crippen LogP contribution >= 0.6 is 0 Å². The van der Waals surface area contributed by atoms with Crippen LogP contribution in [0.15, 0.2) is 42.6 Å². The average Bonchev–Trinajstić information content (AvgIpc) is 2.82. The maximum atomic E-state index is 13.5. The Hall–Kier alpha value is -3.17. The minimum Gasteiger partial charge on any atom is -0.489 e. The lowest BCUT2D eigenvalue weighted by Crippen LogP contribution is -2.51. The van der Waals surface area contributed by atoms with Crippen molar-refractivity contribution < 1.29 is 19.1 Å². The van der Waals surface area contributed by atoms with E-state index in [1.165, 1.54) is 0 Å². The highest BCUT2D eigenvalue weighted by Crippen LogP contribution is 2.28. The normalized spacial score (nSPS) is 18.2. The first-order valence-electron chi connectivity index (χ1n) is 10.9. The number of hydrogen-bond donors (Lipinski definition) is 1. The van der Waals surface area contributed by atoms with E-state index in [1.807, 2.05) is 36.2 Å². The van der Waals surface area contributed by atoms with Gasteiger partial charge in [-0.25, -0.2) is 4.98 Å². The van der Waals surface area contributed by atoms with Gasteiger partial charge in [0.25, 0.3) is 5.91 Å². The molecule has 32 heavy (non-hydrogen) atoms. The average molecular weight is 440 g/mol. The summed E-state index contributed by atoms with van der Waals surface area (Å²) >= 11 is 0. The quantitative estimate of drug-likeness (QED) is 0.758. The van der Waals surface area contributed by atoms with Crippen molar-refractivity contribution in [1.82, 2.24) is 19.7 Å². The minimum absolute atomic E-state index is 0.00727. The van der Waals surface area contributed by atoms with Crippen LogP contribution in [0.25, 0.3) is 0 Å². The highest BCUT2D eigenvalue weighted by molar-refractivity contribution is 6.01. The van der Waals surface area contributed by atoms with Crippen molar-refractivity contribution in [2.75, 3.05) is 71.5 Å². The summed E-state index contributed by atoms with van der Waals surface area (Å²) in [6.45, 7) is 4.39. The van der Waals surface area contributed by atoms with Gasteiger partial charge in [0.15, 0.2) is 0 Å². The number of piperazine rings is 1. The molecule has 2 aliphatic rings. The predicted molar refractivity (Wildman–Crippen MR) is 120 cm³/mol. The largest absolute Gasteiger partial charge is 0.489 e.